The molecule has 1 aliphatic carbocycles. The molecule has 140 valence electrons. The molecule has 0 aromatic heterocycles. The molecular formula is C20H26N2O4. The molecule has 2 N–H and O–H groups in total. The third kappa shape index (κ3) is 3.74. The number of likely N-dealkylation sites (tertiary alicyclic amines) is 1. The minimum atomic E-state index is -0.912. The van der Waals surface area contributed by atoms with Gasteiger partial charge in [-0.1, -0.05) is 6.92 Å². The predicted molar refractivity (Wildman–Crippen MR) is 98.0 cm³/mol. The van der Waals surface area contributed by atoms with Crippen LogP contribution in [0.4, 0.5) is 5.69 Å². The molecule has 0 radical (unpaired) electrons. The first kappa shape index (κ1) is 18.4. The summed E-state index contributed by atoms with van der Waals surface area (Å²) in [4.78, 5) is 37.9. The van der Waals surface area contributed by atoms with Crippen LogP contribution in [0.5, 0.6) is 0 Å². The first-order valence-electron chi connectivity index (χ1n) is 9.30. The monoisotopic (exact) mass is 358 g/mol. The number of hydrogen-bond donors (Lipinski definition) is 2. The first-order chi connectivity index (χ1) is 12.4. The molecule has 1 saturated carbocycles. The summed E-state index contributed by atoms with van der Waals surface area (Å²) in [6.07, 6.45) is 3.22. The molecule has 6 nitrogen and oxygen atoms in total. The van der Waals surface area contributed by atoms with E-state index in [4.69, 9.17) is 5.11 Å². The number of aryl methyl sites for hydroxylation is 1. The highest BCUT2D eigenvalue weighted by atomic mass is 16.4. The van der Waals surface area contributed by atoms with Crippen LogP contribution in [0, 0.1) is 24.7 Å². The number of carbonyl (C=O) groups excluding carboxylic acids is 2. The molecule has 26 heavy (non-hydrogen) atoms. The Morgan fingerprint density at radius 3 is 2.27 bits per heavy atom. The van der Waals surface area contributed by atoms with Crippen LogP contribution in [-0.4, -0.2) is 40.9 Å². The molecule has 2 aliphatic rings. The molecule has 1 saturated heterocycles. The lowest BCUT2D eigenvalue weighted by Crippen LogP contribution is -2.41. The number of amides is 2. The third-order valence-electron chi connectivity index (χ3n) is 5.73. The van der Waals surface area contributed by atoms with E-state index in [1.807, 2.05) is 11.8 Å². The molecule has 3 rings (SSSR count). The van der Waals surface area contributed by atoms with Gasteiger partial charge < -0.3 is 15.3 Å². The van der Waals surface area contributed by atoms with Crippen LogP contribution in [0.2, 0.25) is 0 Å². The van der Waals surface area contributed by atoms with Crippen molar-refractivity contribution in [1.29, 1.82) is 0 Å². The smallest absolute Gasteiger partial charge is 0.307 e. The Bertz CT molecular complexity index is 723. The summed E-state index contributed by atoms with van der Waals surface area (Å²) in [6.45, 7) is 5.63. The Labute approximate surface area is 153 Å². The van der Waals surface area contributed by atoms with Gasteiger partial charge in [-0.25, -0.2) is 0 Å². The number of rotatable bonds is 4. The van der Waals surface area contributed by atoms with Crippen molar-refractivity contribution in [3.8, 4) is 0 Å². The second kappa shape index (κ2) is 7.48. The van der Waals surface area contributed by atoms with Gasteiger partial charge >= 0.3 is 5.97 Å². The number of aliphatic carboxylic acids is 1. The predicted octanol–water partition coefficient (Wildman–Crippen LogP) is 2.92. The van der Waals surface area contributed by atoms with Gasteiger partial charge in [-0.05, 0) is 62.3 Å². The molecule has 1 heterocycles. The number of piperidine rings is 1. The summed E-state index contributed by atoms with van der Waals surface area (Å²) in [7, 11) is 0. The van der Waals surface area contributed by atoms with Crippen LogP contribution < -0.4 is 5.32 Å². The summed E-state index contributed by atoms with van der Waals surface area (Å²) in [5.41, 5.74) is 2.07. The maximum atomic E-state index is 12.6. The van der Waals surface area contributed by atoms with Crippen molar-refractivity contribution in [1.82, 2.24) is 4.90 Å². The summed E-state index contributed by atoms with van der Waals surface area (Å²) >= 11 is 0. The van der Waals surface area contributed by atoms with Crippen LogP contribution in [0.1, 0.15) is 48.5 Å². The highest BCUT2D eigenvalue weighted by Gasteiger charge is 2.41. The van der Waals surface area contributed by atoms with Gasteiger partial charge in [0.2, 0.25) is 5.91 Å². The maximum Gasteiger partial charge on any atom is 0.307 e. The van der Waals surface area contributed by atoms with E-state index >= 15 is 0 Å². The maximum absolute atomic E-state index is 12.6. The fraction of sp³-hybridized carbons (Fsp3) is 0.550. The topological polar surface area (TPSA) is 86.7 Å². The zero-order valence-corrected chi connectivity index (χ0v) is 15.3. The van der Waals surface area contributed by atoms with Crippen molar-refractivity contribution in [2.24, 2.45) is 17.8 Å². The standard InChI is InChI=1S/C20H26N2O4/c1-12-7-9-22(10-8-12)19(24)14-3-6-17(13(2)11-14)21-18(23)15-4-5-16(15)20(25)26/h3,6,11-12,15-16H,4-5,7-10H2,1-2H3,(H,21,23)(H,25,26). The lowest BCUT2D eigenvalue weighted by Gasteiger charge is -2.32. The molecule has 2 atom stereocenters. The number of anilines is 1. The van der Waals surface area contributed by atoms with Gasteiger partial charge in [0.25, 0.3) is 5.91 Å². The molecule has 1 aliphatic heterocycles. The normalized spacial score (nSPS) is 23.2. The van der Waals surface area contributed by atoms with Crippen molar-refractivity contribution < 1.29 is 19.5 Å². The van der Waals surface area contributed by atoms with Crippen LogP contribution in [0.25, 0.3) is 0 Å². The van der Waals surface area contributed by atoms with Crippen molar-refractivity contribution in [3.05, 3.63) is 29.3 Å². The Hall–Kier alpha value is -2.37. The van der Waals surface area contributed by atoms with E-state index in [1.54, 1.807) is 18.2 Å². The zero-order valence-electron chi connectivity index (χ0n) is 15.3. The molecule has 2 fully saturated rings. The largest absolute Gasteiger partial charge is 0.481 e. The van der Waals surface area contributed by atoms with Gasteiger partial charge in [0.1, 0.15) is 0 Å². The first-order valence-corrected chi connectivity index (χ1v) is 9.30. The van der Waals surface area contributed by atoms with E-state index in [0.717, 1.165) is 31.5 Å². The fourth-order valence-corrected chi connectivity index (χ4v) is 3.67. The molecule has 0 spiro atoms. The molecule has 1 aromatic carbocycles. The minimum absolute atomic E-state index is 0.0304. The highest BCUT2D eigenvalue weighted by molar-refractivity contribution is 5.98. The average molecular weight is 358 g/mol. The Kier molecular flexibility index (Phi) is 5.30. The van der Waals surface area contributed by atoms with Crippen LogP contribution in [-0.2, 0) is 9.59 Å². The molecule has 2 unspecified atom stereocenters. The van der Waals surface area contributed by atoms with Gasteiger partial charge in [-0.2, -0.15) is 0 Å². The third-order valence-corrected chi connectivity index (χ3v) is 5.73. The van der Waals surface area contributed by atoms with E-state index in [1.165, 1.54) is 0 Å². The molecule has 1 aromatic rings. The number of carbonyl (C=O) groups is 3. The Morgan fingerprint density at radius 2 is 1.73 bits per heavy atom. The van der Waals surface area contributed by atoms with Gasteiger partial charge in [-0.15, -0.1) is 0 Å². The summed E-state index contributed by atoms with van der Waals surface area (Å²) in [5.74, 6) is -1.52. The van der Waals surface area contributed by atoms with Gasteiger partial charge in [0.15, 0.2) is 0 Å². The average Bonchev–Trinajstić information content (AvgIpc) is 2.55. The van der Waals surface area contributed by atoms with Crippen molar-refractivity contribution in [2.45, 2.75) is 39.5 Å². The SMILES string of the molecule is Cc1cc(C(=O)N2CCC(C)CC2)ccc1NC(=O)C1CCC1C(=O)O. The number of carboxylic acids is 1. The van der Waals surface area contributed by atoms with Crippen molar-refractivity contribution in [2.75, 3.05) is 18.4 Å². The number of benzene rings is 1. The second-order valence-corrected chi connectivity index (χ2v) is 7.62. The molecule has 6 heteroatoms. The van der Waals surface area contributed by atoms with Crippen LogP contribution in [0.15, 0.2) is 18.2 Å². The van der Waals surface area contributed by atoms with Crippen LogP contribution in [0.3, 0.4) is 0 Å². The molecule has 0 bridgehead atoms. The molecule has 2 amide bonds. The van der Waals surface area contributed by atoms with Gasteiger partial charge in [0.05, 0.1) is 11.8 Å². The number of hydrogen-bond acceptors (Lipinski definition) is 3. The lowest BCUT2D eigenvalue weighted by atomic mass is 9.73. The molecular weight excluding hydrogens is 332 g/mol. The Morgan fingerprint density at radius 1 is 1.08 bits per heavy atom. The van der Waals surface area contributed by atoms with Gasteiger partial charge in [-0.3, -0.25) is 14.4 Å². The summed E-state index contributed by atoms with van der Waals surface area (Å²) in [6, 6.07) is 5.27. The summed E-state index contributed by atoms with van der Waals surface area (Å²) in [5, 5.41) is 11.9. The highest BCUT2D eigenvalue weighted by Crippen LogP contribution is 2.35. The van der Waals surface area contributed by atoms with E-state index in [0.29, 0.717) is 30.0 Å². The van der Waals surface area contributed by atoms with E-state index < -0.39 is 17.8 Å². The van der Waals surface area contributed by atoms with E-state index in [9.17, 15) is 14.4 Å². The quantitative estimate of drug-likeness (QED) is 0.866. The Balaban J connectivity index is 1.65. The second-order valence-electron chi connectivity index (χ2n) is 7.62. The number of carboxylic acid groups (broad SMARTS) is 1. The zero-order chi connectivity index (χ0) is 18.8. The van der Waals surface area contributed by atoms with Crippen LogP contribution >= 0.6 is 0 Å². The van der Waals surface area contributed by atoms with Crippen molar-refractivity contribution >= 4 is 23.5 Å². The minimum Gasteiger partial charge on any atom is -0.481 e. The van der Waals surface area contributed by atoms with E-state index in [2.05, 4.69) is 12.2 Å². The lowest BCUT2D eigenvalue weighted by molar-refractivity contribution is -0.151. The fourth-order valence-electron chi connectivity index (χ4n) is 3.67. The van der Waals surface area contributed by atoms with Crippen molar-refractivity contribution in [3.63, 3.8) is 0 Å². The summed E-state index contributed by atoms with van der Waals surface area (Å²) < 4.78 is 0. The van der Waals surface area contributed by atoms with Gasteiger partial charge in [0, 0.05) is 24.3 Å². The van der Waals surface area contributed by atoms with E-state index in [-0.39, 0.29) is 11.8 Å². The number of nitrogens with one attached hydrogen (secondary N) is 1. The number of nitrogens with zero attached hydrogens (tertiary/aromatic N) is 1.